The fourth-order valence-electron chi connectivity index (χ4n) is 8.28. The van der Waals surface area contributed by atoms with Crippen LogP contribution in [0, 0.1) is 40.4 Å². The van der Waals surface area contributed by atoms with Gasteiger partial charge in [0.1, 0.15) is 5.78 Å². The van der Waals surface area contributed by atoms with Crippen molar-refractivity contribution in [1.29, 1.82) is 0 Å². The van der Waals surface area contributed by atoms with Gasteiger partial charge in [-0.1, -0.05) is 37.6 Å². The first-order valence-corrected chi connectivity index (χ1v) is 13.0. The second-order valence-corrected chi connectivity index (χ2v) is 11.6. The number of rotatable bonds is 7. The lowest BCUT2D eigenvalue weighted by Crippen LogP contribution is -2.56. The number of nitrogens with two attached hydrogens (primary N) is 1. The normalized spacial score (nSPS) is 43.8. The van der Waals surface area contributed by atoms with Gasteiger partial charge in [0.2, 0.25) is 0 Å². The number of carbonyl (C=O) groups is 1. The van der Waals surface area contributed by atoms with Crippen LogP contribution in [0.5, 0.6) is 0 Å². The molecule has 0 aromatic rings. The van der Waals surface area contributed by atoms with Gasteiger partial charge in [0.15, 0.2) is 0 Å². The van der Waals surface area contributed by atoms with E-state index in [1.165, 1.54) is 44.9 Å². The molecule has 4 rings (SSSR count). The summed E-state index contributed by atoms with van der Waals surface area (Å²) in [6, 6.07) is 0. The van der Waals surface area contributed by atoms with Crippen molar-refractivity contribution in [2.75, 3.05) is 6.54 Å². The van der Waals surface area contributed by atoms with Crippen LogP contribution < -0.4 is 5.73 Å². The van der Waals surface area contributed by atoms with Gasteiger partial charge >= 0.3 is 0 Å². The summed E-state index contributed by atoms with van der Waals surface area (Å²) in [6.45, 7) is 5.50. The summed E-state index contributed by atoms with van der Waals surface area (Å²) in [5.74, 6) is 3.40. The number of unbranched alkanes of at least 4 members (excludes halogenated alkanes) is 2. The molecule has 0 aliphatic heterocycles. The lowest BCUT2D eigenvalue weighted by Gasteiger charge is -2.60. The summed E-state index contributed by atoms with van der Waals surface area (Å²) < 4.78 is 0. The highest BCUT2D eigenvalue weighted by molar-refractivity contribution is 5.90. The second-order valence-electron chi connectivity index (χ2n) is 11.6. The SMILES string of the molecule is C[C@]12CCC3C(C/C(=N\O)[C@H]4CC(CCC/C=C\CCCN)CC[C@]34C)C1CCC2=O. The van der Waals surface area contributed by atoms with Crippen LogP contribution in [0.25, 0.3) is 0 Å². The largest absolute Gasteiger partial charge is 0.411 e. The third-order valence-electron chi connectivity index (χ3n) is 10.1. The van der Waals surface area contributed by atoms with Crippen molar-refractivity contribution in [3.05, 3.63) is 12.2 Å². The number of hydrogen-bond donors (Lipinski definition) is 2. The Morgan fingerprint density at radius 1 is 1.10 bits per heavy atom. The maximum Gasteiger partial charge on any atom is 0.139 e. The number of ketones is 1. The predicted octanol–water partition coefficient (Wildman–Crippen LogP) is 6.12. The van der Waals surface area contributed by atoms with Crippen LogP contribution in [-0.2, 0) is 4.79 Å². The van der Waals surface area contributed by atoms with Crippen LogP contribution in [0.15, 0.2) is 17.3 Å². The smallest absolute Gasteiger partial charge is 0.139 e. The molecule has 3 N–H and O–H groups in total. The number of Topliss-reactive ketones (excluding diaryl/α,β-unsaturated/α-hetero) is 1. The summed E-state index contributed by atoms with van der Waals surface area (Å²) >= 11 is 0. The van der Waals surface area contributed by atoms with E-state index >= 15 is 0 Å². The fourth-order valence-corrected chi connectivity index (χ4v) is 8.28. The summed E-state index contributed by atoms with van der Waals surface area (Å²) in [6.07, 6.45) is 19.3. The van der Waals surface area contributed by atoms with Crippen molar-refractivity contribution < 1.29 is 10.0 Å². The molecule has 31 heavy (non-hydrogen) atoms. The molecule has 174 valence electrons. The van der Waals surface area contributed by atoms with Gasteiger partial charge in [-0.2, -0.15) is 0 Å². The quantitative estimate of drug-likeness (QED) is 0.222. The van der Waals surface area contributed by atoms with E-state index in [0.29, 0.717) is 29.5 Å². The molecule has 0 bridgehead atoms. The van der Waals surface area contributed by atoms with Gasteiger partial charge in [0.25, 0.3) is 0 Å². The summed E-state index contributed by atoms with van der Waals surface area (Å²) in [7, 11) is 0. The van der Waals surface area contributed by atoms with E-state index in [1.54, 1.807) is 0 Å². The highest BCUT2D eigenvalue weighted by Crippen LogP contribution is 2.65. The molecule has 0 heterocycles. The molecule has 0 saturated heterocycles. The molecular weight excluding hydrogens is 384 g/mol. The Morgan fingerprint density at radius 2 is 1.87 bits per heavy atom. The first kappa shape index (κ1) is 23.0. The average molecular weight is 429 g/mol. The van der Waals surface area contributed by atoms with E-state index in [1.807, 2.05) is 0 Å². The number of fused-ring (bicyclic) bond motifs is 5. The number of carbonyl (C=O) groups excluding carboxylic acids is 1. The Labute approximate surface area is 189 Å². The number of hydrogen-bond acceptors (Lipinski definition) is 4. The van der Waals surface area contributed by atoms with Crippen LogP contribution >= 0.6 is 0 Å². The van der Waals surface area contributed by atoms with Crippen LogP contribution in [0.1, 0.15) is 97.3 Å². The predicted molar refractivity (Wildman–Crippen MR) is 126 cm³/mol. The zero-order valence-electron chi connectivity index (χ0n) is 19.8. The van der Waals surface area contributed by atoms with E-state index in [4.69, 9.17) is 5.73 Å². The molecule has 7 atom stereocenters. The van der Waals surface area contributed by atoms with Crippen molar-refractivity contribution in [1.82, 2.24) is 0 Å². The fraction of sp³-hybridized carbons (Fsp3) is 0.852. The van der Waals surface area contributed by atoms with Crippen molar-refractivity contribution in [3.63, 3.8) is 0 Å². The van der Waals surface area contributed by atoms with Gasteiger partial charge < -0.3 is 10.9 Å². The highest BCUT2D eigenvalue weighted by atomic mass is 16.4. The zero-order chi connectivity index (χ0) is 22.1. The number of allylic oxidation sites excluding steroid dienone is 2. The van der Waals surface area contributed by atoms with Crippen LogP contribution in [0.4, 0.5) is 0 Å². The van der Waals surface area contributed by atoms with Crippen molar-refractivity contribution in [3.8, 4) is 0 Å². The van der Waals surface area contributed by atoms with Crippen molar-refractivity contribution in [2.24, 2.45) is 51.3 Å². The lowest BCUT2D eigenvalue weighted by atomic mass is 9.44. The summed E-state index contributed by atoms with van der Waals surface area (Å²) in [5, 5.41) is 13.9. The van der Waals surface area contributed by atoms with Crippen molar-refractivity contribution in [2.45, 2.75) is 97.3 Å². The Hall–Kier alpha value is -1.16. The first-order valence-electron chi connectivity index (χ1n) is 13.0. The maximum atomic E-state index is 12.7. The molecule has 4 fully saturated rings. The molecule has 4 aliphatic carbocycles. The zero-order valence-corrected chi connectivity index (χ0v) is 19.8. The van der Waals surface area contributed by atoms with E-state index in [0.717, 1.165) is 56.7 Å². The first-order chi connectivity index (χ1) is 14.9. The molecule has 4 nitrogen and oxygen atoms in total. The Balaban J connectivity index is 1.40. The van der Waals surface area contributed by atoms with Gasteiger partial charge in [-0.25, -0.2) is 0 Å². The van der Waals surface area contributed by atoms with Crippen LogP contribution in [-0.4, -0.2) is 23.2 Å². The van der Waals surface area contributed by atoms with Gasteiger partial charge in [0, 0.05) is 17.8 Å². The van der Waals surface area contributed by atoms with Crippen LogP contribution in [0.3, 0.4) is 0 Å². The molecule has 4 aliphatic rings. The molecule has 0 aromatic heterocycles. The Morgan fingerprint density at radius 3 is 2.61 bits per heavy atom. The Bertz CT molecular complexity index is 716. The van der Waals surface area contributed by atoms with Gasteiger partial charge in [-0.3, -0.25) is 4.79 Å². The highest BCUT2D eigenvalue weighted by Gasteiger charge is 2.61. The van der Waals surface area contributed by atoms with E-state index in [2.05, 4.69) is 31.2 Å². The van der Waals surface area contributed by atoms with Crippen LogP contribution in [0.2, 0.25) is 0 Å². The van der Waals surface area contributed by atoms with Gasteiger partial charge in [-0.05, 0) is 106 Å². The lowest BCUT2D eigenvalue weighted by molar-refractivity contribution is -0.134. The summed E-state index contributed by atoms with van der Waals surface area (Å²) in [4.78, 5) is 12.7. The minimum Gasteiger partial charge on any atom is -0.411 e. The van der Waals surface area contributed by atoms with E-state index in [-0.39, 0.29) is 10.8 Å². The van der Waals surface area contributed by atoms with Gasteiger partial charge in [-0.15, -0.1) is 0 Å². The molecule has 0 spiro atoms. The third-order valence-corrected chi connectivity index (χ3v) is 10.1. The molecule has 0 aromatic carbocycles. The van der Waals surface area contributed by atoms with E-state index in [9.17, 15) is 10.0 Å². The minimum atomic E-state index is -0.111. The van der Waals surface area contributed by atoms with E-state index < -0.39 is 0 Å². The topological polar surface area (TPSA) is 75.7 Å². The molecule has 4 unspecified atom stereocenters. The average Bonchev–Trinajstić information content (AvgIpc) is 3.07. The second kappa shape index (κ2) is 9.37. The molecule has 0 radical (unpaired) electrons. The monoisotopic (exact) mass is 428 g/mol. The van der Waals surface area contributed by atoms with Gasteiger partial charge in [0.05, 0.1) is 5.71 Å². The molecular formula is C27H44N2O2. The number of nitrogens with zero attached hydrogens (tertiary/aromatic N) is 1. The summed E-state index contributed by atoms with van der Waals surface area (Å²) in [5.41, 5.74) is 6.75. The van der Waals surface area contributed by atoms with Crippen molar-refractivity contribution >= 4 is 11.5 Å². The standard InChI is InChI=1S/C27H44N2O2/c1-26-14-12-19(9-7-5-3-4-6-8-16-28)17-23(26)24(29-31)18-20-21-10-11-25(30)27(21,2)15-13-22(20)26/h3-4,19-23,31H,5-18,28H2,1-2H3/b4-3-,29-24+/t19?,20?,21?,22?,23-,26-,27+/m1/s1. The third kappa shape index (κ3) is 4.14. The molecule has 4 saturated carbocycles. The Kier molecular flexibility index (Phi) is 6.96. The molecule has 4 heteroatoms. The number of oxime groups is 1. The maximum absolute atomic E-state index is 12.7. The minimum absolute atomic E-state index is 0.111. The molecule has 0 amide bonds.